The highest BCUT2D eigenvalue weighted by Gasteiger charge is 2.04. The summed E-state index contributed by atoms with van der Waals surface area (Å²) >= 11 is 0. The van der Waals surface area contributed by atoms with E-state index in [9.17, 15) is 0 Å². The van der Waals surface area contributed by atoms with Crippen LogP contribution in [0.15, 0.2) is 0 Å². The summed E-state index contributed by atoms with van der Waals surface area (Å²) in [5, 5.41) is 3.12. The summed E-state index contributed by atoms with van der Waals surface area (Å²) in [5.74, 6) is 1.11. The predicted octanol–water partition coefficient (Wildman–Crippen LogP) is 1.43. The van der Waals surface area contributed by atoms with Crippen LogP contribution in [0.5, 0.6) is 0 Å². The van der Waals surface area contributed by atoms with Crippen LogP contribution in [0.1, 0.15) is 30.6 Å². The van der Waals surface area contributed by atoms with E-state index in [1.165, 1.54) is 11.4 Å². The molecule has 13 heavy (non-hydrogen) atoms. The molecule has 3 nitrogen and oxygen atoms in total. The smallest absolute Gasteiger partial charge is 0.107 e. The maximum Gasteiger partial charge on any atom is 0.107 e. The van der Waals surface area contributed by atoms with Crippen molar-refractivity contribution in [3.05, 3.63) is 17.2 Å². The van der Waals surface area contributed by atoms with Crippen LogP contribution in [-0.4, -0.2) is 23.6 Å². The van der Waals surface area contributed by atoms with Crippen molar-refractivity contribution < 1.29 is 0 Å². The molecule has 0 radical (unpaired) electrons. The number of hydrogen-bond acceptors (Lipinski definition) is 2. The molecule has 1 aromatic heterocycles. The first-order chi connectivity index (χ1) is 6.27. The van der Waals surface area contributed by atoms with Gasteiger partial charge >= 0.3 is 0 Å². The molecule has 0 aromatic carbocycles. The van der Waals surface area contributed by atoms with Gasteiger partial charge in [-0.3, -0.25) is 0 Å². The van der Waals surface area contributed by atoms with Crippen LogP contribution in [0.2, 0.25) is 0 Å². The minimum Gasteiger partial charge on any atom is -0.346 e. The quantitative estimate of drug-likeness (QED) is 0.721. The second-order valence-corrected chi connectivity index (χ2v) is 3.36. The number of aryl methyl sites for hydroxylation is 2. The Morgan fingerprint density at radius 1 is 1.38 bits per heavy atom. The van der Waals surface area contributed by atoms with Gasteiger partial charge in [0.05, 0.1) is 5.69 Å². The Balaban J connectivity index is 2.59. The average molecular weight is 181 g/mol. The minimum atomic E-state index is 0.985. The van der Waals surface area contributed by atoms with Crippen molar-refractivity contribution in [2.75, 3.05) is 13.6 Å². The molecule has 0 unspecified atom stereocenters. The summed E-state index contributed by atoms with van der Waals surface area (Å²) in [4.78, 5) is 7.85. The fourth-order valence-electron chi connectivity index (χ4n) is 1.41. The van der Waals surface area contributed by atoms with Crippen molar-refractivity contribution in [2.45, 2.75) is 33.1 Å². The third kappa shape index (κ3) is 2.84. The summed E-state index contributed by atoms with van der Waals surface area (Å²) in [6.45, 7) is 5.26. The Morgan fingerprint density at radius 2 is 2.15 bits per heavy atom. The highest BCUT2D eigenvalue weighted by molar-refractivity contribution is 5.13. The molecule has 0 spiro atoms. The van der Waals surface area contributed by atoms with Gasteiger partial charge in [0.1, 0.15) is 5.82 Å². The number of likely N-dealkylation sites (N-methyl/N-ethyl adjacent to an activating group) is 1. The van der Waals surface area contributed by atoms with Crippen LogP contribution >= 0.6 is 0 Å². The molecule has 0 bridgehead atoms. The van der Waals surface area contributed by atoms with Gasteiger partial charge in [-0.1, -0.05) is 13.3 Å². The van der Waals surface area contributed by atoms with Gasteiger partial charge in [0, 0.05) is 18.7 Å². The molecule has 0 saturated carbocycles. The summed E-state index contributed by atoms with van der Waals surface area (Å²) in [6, 6.07) is 0. The number of nitrogens with zero attached hydrogens (tertiary/aromatic N) is 1. The molecule has 0 aliphatic heterocycles. The van der Waals surface area contributed by atoms with Gasteiger partial charge in [0.25, 0.3) is 0 Å². The van der Waals surface area contributed by atoms with Gasteiger partial charge in [-0.15, -0.1) is 0 Å². The van der Waals surface area contributed by atoms with E-state index in [0.29, 0.717) is 0 Å². The number of aromatic amines is 1. The van der Waals surface area contributed by atoms with Crippen molar-refractivity contribution in [2.24, 2.45) is 0 Å². The molecular weight excluding hydrogens is 162 g/mol. The van der Waals surface area contributed by atoms with E-state index in [4.69, 9.17) is 0 Å². The van der Waals surface area contributed by atoms with Crippen molar-refractivity contribution in [3.63, 3.8) is 0 Å². The monoisotopic (exact) mass is 181 g/mol. The van der Waals surface area contributed by atoms with E-state index in [-0.39, 0.29) is 0 Å². The van der Waals surface area contributed by atoms with Gasteiger partial charge in [-0.25, -0.2) is 4.98 Å². The fraction of sp³-hybridized carbons (Fsp3) is 0.700. The fourth-order valence-corrected chi connectivity index (χ4v) is 1.41. The molecule has 74 valence electrons. The lowest BCUT2D eigenvalue weighted by Gasteiger charge is -1.93. The van der Waals surface area contributed by atoms with E-state index in [0.717, 1.165) is 31.6 Å². The van der Waals surface area contributed by atoms with E-state index in [1.807, 2.05) is 7.05 Å². The molecular formula is C10H19N3. The molecule has 0 atom stereocenters. The Labute approximate surface area is 80.0 Å². The lowest BCUT2D eigenvalue weighted by atomic mass is 10.2. The molecule has 2 N–H and O–H groups in total. The van der Waals surface area contributed by atoms with E-state index in [2.05, 4.69) is 29.1 Å². The van der Waals surface area contributed by atoms with Gasteiger partial charge in [-0.2, -0.15) is 0 Å². The Hall–Kier alpha value is -0.830. The van der Waals surface area contributed by atoms with Crippen molar-refractivity contribution in [3.8, 4) is 0 Å². The summed E-state index contributed by atoms with van der Waals surface area (Å²) in [7, 11) is 1.96. The molecule has 1 rings (SSSR count). The average Bonchev–Trinajstić information content (AvgIpc) is 2.45. The molecule has 0 aliphatic carbocycles. The van der Waals surface area contributed by atoms with Crippen LogP contribution in [0, 0.1) is 6.92 Å². The second-order valence-electron chi connectivity index (χ2n) is 3.36. The molecule has 1 heterocycles. The molecule has 1 aromatic rings. The van der Waals surface area contributed by atoms with Crippen LogP contribution < -0.4 is 5.32 Å². The van der Waals surface area contributed by atoms with Crippen molar-refractivity contribution in [1.29, 1.82) is 0 Å². The van der Waals surface area contributed by atoms with Crippen LogP contribution in [0.3, 0.4) is 0 Å². The maximum absolute atomic E-state index is 4.54. The van der Waals surface area contributed by atoms with Crippen LogP contribution in [-0.2, 0) is 12.8 Å². The highest BCUT2D eigenvalue weighted by atomic mass is 14.9. The Bertz CT molecular complexity index is 253. The second kappa shape index (κ2) is 5.02. The first-order valence-corrected chi connectivity index (χ1v) is 4.96. The number of rotatable bonds is 5. The van der Waals surface area contributed by atoms with Gasteiger partial charge in [0.2, 0.25) is 0 Å². The first-order valence-electron chi connectivity index (χ1n) is 4.96. The highest BCUT2D eigenvalue weighted by Crippen LogP contribution is 2.07. The topological polar surface area (TPSA) is 40.7 Å². The third-order valence-corrected chi connectivity index (χ3v) is 2.13. The largest absolute Gasteiger partial charge is 0.346 e. The molecule has 0 amide bonds. The number of aromatic nitrogens is 2. The maximum atomic E-state index is 4.54. The number of imidazole rings is 1. The summed E-state index contributed by atoms with van der Waals surface area (Å²) in [5.41, 5.74) is 2.46. The normalized spacial score (nSPS) is 10.7. The van der Waals surface area contributed by atoms with Gasteiger partial charge in [-0.05, 0) is 20.4 Å². The van der Waals surface area contributed by atoms with E-state index < -0.39 is 0 Å². The first kappa shape index (κ1) is 10.3. The van der Waals surface area contributed by atoms with Crippen LogP contribution in [0.4, 0.5) is 0 Å². The van der Waals surface area contributed by atoms with Gasteiger partial charge < -0.3 is 10.3 Å². The standard InChI is InChI=1S/C10H19N3/c1-4-5-9-8(2)12-10(13-9)6-7-11-3/h11H,4-7H2,1-3H3,(H,12,13). The van der Waals surface area contributed by atoms with Crippen LogP contribution in [0.25, 0.3) is 0 Å². The lowest BCUT2D eigenvalue weighted by molar-refractivity contribution is 0.760. The Kier molecular flexibility index (Phi) is 3.96. The zero-order valence-corrected chi connectivity index (χ0v) is 8.78. The molecule has 0 saturated heterocycles. The van der Waals surface area contributed by atoms with Crippen molar-refractivity contribution in [1.82, 2.24) is 15.3 Å². The number of hydrogen-bond donors (Lipinski definition) is 2. The lowest BCUT2D eigenvalue weighted by Crippen LogP contribution is -2.11. The minimum absolute atomic E-state index is 0.985. The number of nitrogens with one attached hydrogen (secondary N) is 2. The van der Waals surface area contributed by atoms with E-state index in [1.54, 1.807) is 0 Å². The number of H-pyrrole nitrogens is 1. The van der Waals surface area contributed by atoms with Gasteiger partial charge in [0.15, 0.2) is 0 Å². The zero-order valence-electron chi connectivity index (χ0n) is 8.78. The SMILES string of the molecule is CCCc1nc(CCNC)[nH]c1C. The predicted molar refractivity (Wildman–Crippen MR) is 55.0 cm³/mol. The Morgan fingerprint density at radius 3 is 2.77 bits per heavy atom. The third-order valence-electron chi connectivity index (χ3n) is 2.13. The van der Waals surface area contributed by atoms with Crippen molar-refractivity contribution >= 4 is 0 Å². The molecule has 0 aliphatic rings. The molecule has 3 heteroatoms. The summed E-state index contributed by atoms with van der Waals surface area (Å²) in [6.07, 6.45) is 3.24. The zero-order chi connectivity index (χ0) is 9.68. The molecule has 0 fully saturated rings. The van der Waals surface area contributed by atoms with E-state index >= 15 is 0 Å². The summed E-state index contributed by atoms with van der Waals surface area (Å²) < 4.78 is 0.